The first kappa shape index (κ1) is 20.8. The molecule has 0 spiro atoms. The summed E-state index contributed by atoms with van der Waals surface area (Å²) in [6, 6.07) is 9.66. The monoisotopic (exact) mass is 460 g/mol. The van der Waals surface area contributed by atoms with E-state index in [9.17, 15) is 9.90 Å². The molecule has 0 unspecified atom stereocenters. The number of nitrogens with zero attached hydrogens (tertiary/aromatic N) is 7. The van der Waals surface area contributed by atoms with Gasteiger partial charge < -0.3 is 15.3 Å². The average Bonchev–Trinajstić information content (AvgIpc) is 3.51. The summed E-state index contributed by atoms with van der Waals surface area (Å²) in [5.41, 5.74) is 4.58. The fourth-order valence-corrected chi connectivity index (χ4v) is 4.92. The molecular formula is C22H20N8O2S. The number of nitriles is 1. The van der Waals surface area contributed by atoms with Crippen molar-refractivity contribution < 1.29 is 9.90 Å². The SMILES string of the molecule is CNc1cc(-c2ccc3cc(C#N)cnn23)ncc1-c1nnc(N2CCC(C(=O)O)CC2)s1. The van der Waals surface area contributed by atoms with E-state index in [2.05, 4.69) is 36.6 Å². The minimum Gasteiger partial charge on any atom is -0.481 e. The predicted molar refractivity (Wildman–Crippen MR) is 124 cm³/mol. The molecule has 33 heavy (non-hydrogen) atoms. The molecule has 0 atom stereocenters. The predicted octanol–water partition coefficient (Wildman–Crippen LogP) is 3.13. The second-order valence-corrected chi connectivity index (χ2v) is 8.72. The van der Waals surface area contributed by atoms with Crippen molar-refractivity contribution >= 4 is 33.6 Å². The second-order valence-electron chi connectivity index (χ2n) is 7.77. The molecule has 10 nitrogen and oxygen atoms in total. The zero-order valence-corrected chi connectivity index (χ0v) is 18.6. The third-order valence-electron chi connectivity index (χ3n) is 5.82. The van der Waals surface area contributed by atoms with Crippen molar-refractivity contribution in [3.05, 3.63) is 42.2 Å². The Morgan fingerprint density at radius 3 is 2.79 bits per heavy atom. The van der Waals surface area contributed by atoms with Gasteiger partial charge in [-0.3, -0.25) is 9.78 Å². The molecule has 0 saturated carbocycles. The van der Waals surface area contributed by atoms with Crippen LogP contribution < -0.4 is 10.2 Å². The van der Waals surface area contributed by atoms with Gasteiger partial charge in [0.15, 0.2) is 5.01 Å². The fraction of sp³-hybridized carbons (Fsp3) is 0.273. The maximum atomic E-state index is 11.2. The molecule has 166 valence electrons. The molecular weight excluding hydrogens is 440 g/mol. The number of hydrogen-bond acceptors (Lipinski definition) is 9. The van der Waals surface area contributed by atoms with Gasteiger partial charge in [0.2, 0.25) is 5.13 Å². The lowest BCUT2D eigenvalue weighted by Gasteiger charge is -2.29. The van der Waals surface area contributed by atoms with Gasteiger partial charge in [-0.25, -0.2) is 4.52 Å². The van der Waals surface area contributed by atoms with Crippen molar-refractivity contribution in [3.63, 3.8) is 0 Å². The van der Waals surface area contributed by atoms with Crippen LogP contribution >= 0.6 is 11.3 Å². The first-order valence-corrected chi connectivity index (χ1v) is 11.3. The topological polar surface area (TPSA) is 132 Å². The van der Waals surface area contributed by atoms with Gasteiger partial charge in [0.05, 0.1) is 40.1 Å². The maximum Gasteiger partial charge on any atom is 0.306 e. The van der Waals surface area contributed by atoms with Crippen LogP contribution in [0.3, 0.4) is 0 Å². The molecule has 1 aliphatic rings. The lowest BCUT2D eigenvalue weighted by Crippen LogP contribution is -2.36. The zero-order chi connectivity index (χ0) is 22.9. The lowest BCUT2D eigenvalue weighted by atomic mass is 9.98. The lowest BCUT2D eigenvalue weighted by molar-refractivity contribution is -0.142. The van der Waals surface area contributed by atoms with Crippen LogP contribution in [-0.2, 0) is 4.79 Å². The number of fused-ring (bicyclic) bond motifs is 1. The molecule has 0 aromatic carbocycles. The van der Waals surface area contributed by atoms with Gasteiger partial charge in [-0.15, -0.1) is 10.2 Å². The summed E-state index contributed by atoms with van der Waals surface area (Å²) in [6.07, 6.45) is 4.52. The van der Waals surface area contributed by atoms with Crippen LogP contribution in [-0.4, -0.2) is 56.0 Å². The molecule has 1 saturated heterocycles. The molecule has 4 aromatic rings. The van der Waals surface area contributed by atoms with Gasteiger partial charge in [0, 0.05) is 32.0 Å². The molecule has 1 fully saturated rings. The highest BCUT2D eigenvalue weighted by Crippen LogP contribution is 2.36. The van der Waals surface area contributed by atoms with E-state index in [0.717, 1.165) is 38.3 Å². The van der Waals surface area contributed by atoms with Gasteiger partial charge in [-0.2, -0.15) is 10.4 Å². The molecule has 0 aliphatic carbocycles. The highest BCUT2D eigenvalue weighted by atomic mass is 32.1. The first-order chi connectivity index (χ1) is 16.1. The molecule has 5 rings (SSSR count). The van der Waals surface area contributed by atoms with E-state index in [1.54, 1.807) is 16.8 Å². The Balaban J connectivity index is 1.42. The molecule has 11 heteroatoms. The van der Waals surface area contributed by atoms with Crippen LogP contribution in [0.2, 0.25) is 0 Å². The minimum atomic E-state index is -0.728. The summed E-state index contributed by atoms with van der Waals surface area (Å²) < 4.78 is 1.76. The maximum absolute atomic E-state index is 11.2. The summed E-state index contributed by atoms with van der Waals surface area (Å²) in [4.78, 5) is 17.9. The number of carboxylic acids is 1. The Morgan fingerprint density at radius 2 is 2.06 bits per heavy atom. The summed E-state index contributed by atoms with van der Waals surface area (Å²) in [5.74, 6) is -1.01. The van der Waals surface area contributed by atoms with Crippen molar-refractivity contribution in [2.24, 2.45) is 5.92 Å². The van der Waals surface area contributed by atoms with Crippen LogP contribution in [0.25, 0.3) is 27.5 Å². The first-order valence-electron chi connectivity index (χ1n) is 10.4. The Kier molecular flexibility index (Phi) is 5.35. The highest BCUT2D eigenvalue weighted by molar-refractivity contribution is 7.18. The number of aromatic nitrogens is 5. The van der Waals surface area contributed by atoms with E-state index in [0.29, 0.717) is 31.5 Å². The van der Waals surface area contributed by atoms with Crippen molar-refractivity contribution in [3.8, 4) is 28.0 Å². The quantitative estimate of drug-likeness (QED) is 0.461. The molecule has 1 aliphatic heterocycles. The number of aliphatic carboxylic acids is 1. The standard InChI is InChI=1S/C22H20N8O2S/c1-24-17-9-18(19-3-2-15-8-13(10-23)11-26-30(15)19)25-12-16(17)20-27-28-22(33-20)29-6-4-14(5-7-29)21(31)32/h2-3,8-9,11-12,14H,4-7H2,1H3,(H,24,25)(H,31,32). The second kappa shape index (κ2) is 8.48. The minimum absolute atomic E-state index is 0.285. The normalized spacial score (nSPS) is 14.4. The van der Waals surface area contributed by atoms with Crippen LogP contribution in [0.1, 0.15) is 18.4 Å². The number of nitrogens with one attached hydrogen (secondary N) is 1. The van der Waals surface area contributed by atoms with E-state index in [1.165, 1.54) is 17.5 Å². The van der Waals surface area contributed by atoms with Crippen molar-refractivity contribution in [1.29, 1.82) is 5.26 Å². The number of carboxylic acid groups (broad SMARTS) is 1. The van der Waals surface area contributed by atoms with Crippen molar-refractivity contribution in [2.75, 3.05) is 30.4 Å². The van der Waals surface area contributed by atoms with E-state index in [-0.39, 0.29) is 5.92 Å². The van der Waals surface area contributed by atoms with Gasteiger partial charge in [-0.05, 0) is 37.1 Å². The van der Waals surface area contributed by atoms with Gasteiger partial charge in [0.1, 0.15) is 6.07 Å². The van der Waals surface area contributed by atoms with Crippen molar-refractivity contribution in [1.82, 2.24) is 24.8 Å². The number of rotatable bonds is 5. The number of anilines is 2. The zero-order valence-electron chi connectivity index (χ0n) is 17.8. The van der Waals surface area contributed by atoms with Crippen LogP contribution in [0, 0.1) is 17.2 Å². The number of carbonyl (C=O) groups is 1. The summed E-state index contributed by atoms with van der Waals surface area (Å²) in [5, 5.41) is 36.1. The Hall–Kier alpha value is -4.04. The highest BCUT2D eigenvalue weighted by Gasteiger charge is 2.26. The van der Waals surface area contributed by atoms with Crippen LogP contribution in [0.15, 0.2) is 36.7 Å². The van der Waals surface area contributed by atoms with E-state index >= 15 is 0 Å². The largest absolute Gasteiger partial charge is 0.481 e. The molecule has 2 N–H and O–H groups in total. The number of hydrogen-bond donors (Lipinski definition) is 2. The van der Waals surface area contributed by atoms with Gasteiger partial charge in [0.25, 0.3) is 0 Å². The molecule has 5 heterocycles. The molecule has 0 bridgehead atoms. The van der Waals surface area contributed by atoms with E-state index < -0.39 is 5.97 Å². The number of pyridine rings is 1. The Labute approximate surface area is 193 Å². The van der Waals surface area contributed by atoms with Crippen molar-refractivity contribution in [2.45, 2.75) is 12.8 Å². The summed E-state index contributed by atoms with van der Waals surface area (Å²) in [7, 11) is 1.84. The van der Waals surface area contributed by atoms with E-state index in [1.807, 2.05) is 25.2 Å². The summed E-state index contributed by atoms with van der Waals surface area (Å²) in [6.45, 7) is 1.31. The third-order valence-corrected chi connectivity index (χ3v) is 6.84. The van der Waals surface area contributed by atoms with E-state index in [4.69, 9.17) is 5.26 Å². The van der Waals surface area contributed by atoms with Crippen LogP contribution in [0.5, 0.6) is 0 Å². The summed E-state index contributed by atoms with van der Waals surface area (Å²) >= 11 is 1.47. The van der Waals surface area contributed by atoms with Gasteiger partial charge in [-0.1, -0.05) is 11.3 Å². The fourth-order valence-electron chi connectivity index (χ4n) is 4.00. The Morgan fingerprint density at radius 1 is 1.24 bits per heavy atom. The molecule has 0 radical (unpaired) electrons. The smallest absolute Gasteiger partial charge is 0.306 e. The molecule has 0 amide bonds. The number of piperidine rings is 1. The average molecular weight is 461 g/mol. The Bertz CT molecular complexity index is 1380. The van der Waals surface area contributed by atoms with Gasteiger partial charge >= 0.3 is 5.97 Å². The molecule has 4 aromatic heterocycles. The van der Waals surface area contributed by atoms with Crippen LogP contribution in [0.4, 0.5) is 10.8 Å². The third kappa shape index (κ3) is 3.85.